The first-order valence-electron chi connectivity index (χ1n) is 4.31. The van der Waals surface area contributed by atoms with Gasteiger partial charge in [-0.3, -0.25) is 0 Å². The molecule has 1 atom stereocenters. The summed E-state index contributed by atoms with van der Waals surface area (Å²) in [4.78, 5) is 4.33. The second-order valence-electron chi connectivity index (χ2n) is 3.01. The van der Waals surface area contributed by atoms with E-state index in [2.05, 4.69) is 37.9 Å². The molecule has 66 valence electrons. The number of aromatic nitrogens is 1. The first-order valence-corrected chi connectivity index (χ1v) is 5.19. The van der Waals surface area contributed by atoms with Crippen molar-refractivity contribution < 1.29 is 0 Å². The Morgan fingerprint density at radius 2 is 2.25 bits per heavy atom. The molecule has 1 rings (SSSR count). The van der Waals surface area contributed by atoms with Crippen molar-refractivity contribution in [3.05, 3.63) is 23.9 Å². The summed E-state index contributed by atoms with van der Waals surface area (Å²) in [6.45, 7) is 6.49. The second kappa shape index (κ2) is 4.51. The largest absolute Gasteiger partial charge is 0.250 e. The lowest BCUT2D eigenvalue weighted by atomic mass is 10.3. The molecule has 0 radical (unpaired) electrons. The maximum Gasteiger partial charge on any atom is 0.0962 e. The second-order valence-corrected chi connectivity index (χ2v) is 4.47. The van der Waals surface area contributed by atoms with E-state index in [1.807, 2.05) is 18.0 Å². The Kier molecular flexibility index (Phi) is 3.60. The van der Waals surface area contributed by atoms with Crippen LogP contribution in [0.1, 0.15) is 25.8 Å². The van der Waals surface area contributed by atoms with Crippen molar-refractivity contribution in [2.75, 3.05) is 0 Å². The number of hydrogen-bond donors (Lipinski definition) is 0. The average Bonchev–Trinajstić information content (AvgIpc) is 2.09. The van der Waals surface area contributed by atoms with Gasteiger partial charge < -0.3 is 0 Å². The topological polar surface area (TPSA) is 12.9 Å². The van der Waals surface area contributed by atoms with Crippen molar-refractivity contribution in [3.63, 3.8) is 0 Å². The Labute approximate surface area is 78.6 Å². The van der Waals surface area contributed by atoms with E-state index in [1.165, 1.54) is 12.0 Å². The van der Waals surface area contributed by atoms with Crippen LogP contribution < -0.4 is 0 Å². The summed E-state index contributed by atoms with van der Waals surface area (Å²) in [5.41, 5.74) is 1.23. The third kappa shape index (κ3) is 2.86. The highest BCUT2D eigenvalue weighted by atomic mass is 32.2. The molecule has 0 spiro atoms. The van der Waals surface area contributed by atoms with Crippen LogP contribution in [0.4, 0.5) is 0 Å². The third-order valence-electron chi connectivity index (χ3n) is 1.78. The van der Waals surface area contributed by atoms with Crippen LogP contribution in [-0.4, -0.2) is 10.2 Å². The molecule has 0 saturated heterocycles. The first kappa shape index (κ1) is 9.59. The van der Waals surface area contributed by atoms with E-state index < -0.39 is 0 Å². The maximum absolute atomic E-state index is 4.33. The third-order valence-corrected chi connectivity index (χ3v) is 3.00. The molecule has 1 nitrogen and oxygen atoms in total. The molecule has 0 amide bonds. The summed E-state index contributed by atoms with van der Waals surface area (Å²) in [5.74, 6) is 0. The van der Waals surface area contributed by atoms with Crippen LogP contribution in [0.2, 0.25) is 0 Å². The van der Waals surface area contributed by atoms with E-state index in [1.54, 1.807) is 0 Å². The summed E-state index contributed by atoms with van der Waals surface area (Å²) in [5, 5.41) is 1.80. The molecule has 1 unspecified atom stereocenters. The molecule has 2 heteroatoms. The van der Waals surface area contributed by atoms with Gasteiger partial charge in [-0.1, -0.05) is 19.9 Å². The molecular formula is C10H15NS. The van der Waals surface area contributed by atoms with E-state index >= 15 is 0 Å². The van der Waals surface area contributed by atoms with Gasteiger partial charge in [0.15, 0.2) is 0 Å². The fraction of sp³-hybridized carbons (Fsp3) is 0.500. The molecule has 1 aromatic rings. The monoisotopic (exact) mass is 181 g/mol. The van der Waals surface area contributed by atoms with Crippen molar-refractivity contribution in [1.82, 2.24) is 4.98 Å². The average molecular weight is 181 g/mol. The van der Waals surface area contributed by atoms with Crippen LogP contribution in [-0.2, 0) is 0 Å². The zero-order valence-electron chi connectivity index (χ0n) is 7.87. The number of rotatable bonds is 3. The van der Waals surface area contributed by atoms with Gasteiger partial charge in [0.2, 0.25) is 0 Å². The van der Waals surface area contributed by atoms with Crippen LogP contribution in [0.25, 0.3) is 0 Å². The number of hydrogen-bond acceptors (Lipinski definition) is 2. The van der Waals surface area contributed by atoms with Crippen LogP contribution >= 0.6 is 11.8 Å². The van der Waals surface area contributed by atoms with Crippen LogP contribution in [0, 0.1) is 6.92 Å². The first-order chi connectivity index (χ1) is 5.72. The zero-order valence-corrected chi connectivity index (χ0v) is 8.69. The zero-order chi connectivity index (χ0) is 8.97. The van der Waals surface area contributed by atoms with E-state index in [9.17, 15) is 0 Å². The lowest BCUT2D eigenvalue weighted by Crippen LogP contribution is -1.93. The van der Waals surface area contributed by atoms with Crippen molar-refractivity contribution in [1.29, 1.82) is 0 Å². The van der Waals surface area contributed by atoms with E-state index in [0.29, 0.717) is 5.25 Å². The molecule has 0 aliphatic rings. The summed E-state index contributed by atoms with van der Waals surface area (Å²) in [7, 11) is 0. The van der Waals surface area contributed by atoms with Gasteiger partial charge in [-0.2, -0.15) is 0 Å². The fourth-order valence-corrected chi connectivity index (χ4v) is 1.65. The van der Waals surface area contributed by atoms with Gasteiger partial charge >= 0.3 is 0 Å². The molecule has 0 fully saturated rings. The predicted octanol–water partition coefficient (Wildman–Crippen LogP) is 3.28. The van der Waals surface area contributed by atoms with Crippen molar-refractivity contribution >= 4 is 11.8 Å². The molecular weight excluding hydrogens is 166 g/mol. The Hall–Kier alpha value is -0.500. The maximum atomic E-state index is 4.33. The smallest absolute Gasteiger partial charge is 0.0962 e. The fourth-order valence-electron chi connectivity index (χ4n) is 0.813. The number of thioether (sulfide) groups is 1. The molecule has 1 heterocycles. The highest BCUT2D eigenvalue weighted by Crippen LogP contribution is 2.22. The van der Waals surface area contributed by atoms with Crippen molar-refractivity contribution in [2.24, 2.45) is 0 Å². The molecule has 0 N–H and O–H groups in total. The standard InChI is InChI=1S/C10H15NS/c1-4-9(3)12-10-6-5-8(2)7-11-10/h5-7,9H,4H2,1-3H3. The van der Waals surface area contributed by atoms with Crippen LogP contribution in [0.15, 0.2) is 23.4 Å². The minimum absolute atomic E-state index is 0.667. The van der Waals surface area contributed by atoms with Gasteiger partial charge in [-0.05, 0) is 25.0 Å². The quantitative estimate of drug-likeness (QED) is 0.664. The minimum Gasteiger partial charge on any atom is -0.250 e. The van der Waals surface area contributed by atoms with Gasteiger partial charge in [0, 0.05) is 11.4 Å². The van der Waals surface area contributed by atoms with Crippen molar-refractivity contribution in [2.45, 2.75) is 37.5 Å². The summed E-state index contributed by atoms with van der Waals surface area (Å²) in [6, 6.07) is 4.20. The number of pyridine rings is 1. The predicted molar refractivity (Wildman–Crippen MR) is 54.6 cm³/mol. The summed E-state index contributed by atoms with van der Waals surface area (Å²) in [6.07, 6.45) is 3.12. The minimum atomic E-state index is 0.667. The Morgan fingerprint density at radius 1 is 1.50 bits per heavy atom. The van der Waals surface area contributed by atoms with E-state index in [0.717, 1.165) is 5.03 Å². The number of aryl methyl sites for hydroxylation is 1. The van der Waals surface area contributed by atoms with Crippen LogP contribution in [0.5, 0.6) is 0 Å². The highest BCUT2D eigenvalue weighted by molar-refractivity contribution is 7.99. The van der Waals surface area contributed by atoms with Gasteiger partial charge in [0.1, 0.15) is 0 Å². The van der Waals surface area contributed by atoms with Gasteiger partial charge in [0.05, 0.1) is 5.03 Å². The Balaban J connectivity index is 2.58. The Bertz CT molecular complexity index is 230. The summed E-state index contributed by atoms with van der Waals surface area (Å²) < 4.78 is 0. The van der Waals surface area contributed by atoms with Crippen molar-refractivity contribution in [3.8, 4) is 0 Å². The molecule has 12 heavy (non-hydrogen) atoms. The molecule has 0 bridgehead atoms. The highest BCUT2D eigenvalue weighted by Gasteiger charge is 2.01. The molecule has 1 aromatic heterocycles. The number of nitrogens with zero attached hydrogens (tertiary/aromatic N) is 1. The SMILES string of the molecule is CCC(C)Sc1ccc(C)cn1. The Morgan fingerprint density at radius 3 is 2.75 bits per heavy atom. The van der Waals surface area contributed by atoms with E-state index in [-0.39, 0.29) is 0 Å². The molecule has 0 saturated carbocycles. The lowest BCUT2D eigenvalue weighted by molar-refractivity contribution is 0.900. The summed E-state index contributed by atoms with van der Waals surface area (Å²) >= 11 is 1.84. The van der Waals surface area contributed by atoms with Gasteiger partial charge in [0.25, 0.3) is 0 Å². The van der Waals surface area contributed by atoms with Gasteiger partial charge in [-0.25, -0.2) is 4.98 Å². The molecule has 0 aliphatic carbocycles. The normalized spacial score (nSPS) is 12.9. The molecule has 0 aromatic carbocycles. The molecule has 0 aliphatic heterocycles. The van der Waals surface area contributed by atoms with E-state index in [4.69, 9.17) is 0 Å². The van der Waals surface area contributed by atoms with Gasteiger partial charge in [-0.15, -0.1) is 11.8 Å². The lowest BCUT2D eigenvalue weighted by Gasteiger charge is -2.06. The van der Waals surface area contributed by atoms with Crippen LogP contribution in [0.3, 0.4) is 0 Å².